The number of hydrogen-bond donors (Lipinski definition) is 1. The number of rotatable bonds is 6. The van der Waals surface area contributed by atoms with Gasteiger partial charge in [-0.1, -0.05) is 19.1 Å². The fourth-order valence-electron chi connectivity index (χ4n) is 1.87. The van der Waals surface area contributed by atoms with Crippen LogP contribution in [0.3, 0.4) is 0 Å². The van der Waals surface area contributed by atoms with Crippen LogP contribution < -0.4 is 5.32 Å². The second-order valence-electron chi connectivity index (χ2n) is 4.34. The van der Waals surface area contributed by atoms with E-state index in [9.17, 15) is 0 Å². The molecule has 88 valence electrons. The topological polar surface area (TPSA) is 15.3 Å². The largest absolute Gasteiger partial charge is 0.312 e. The van der Waals surface area contributed by atoms with Crippen molar-refractivity contribution >= 4 is 11.8 Å². The van der Waals surface area contributed by atoms with Gasteiger partial charge in [-0.15, -0.1) is 0 Å². The minimum absolute atomic E-state index is 0.725. The van der Waals surface area contributed by atoms with Crippen LogP contribution in [0.2, 0.25) is 0 Å². The molecular formula is C12H24N2S. The van der Waals surface area contributed by atoms with Crippen molar-refractivity contribution in [3.8, 4) is 0 Å². The first kappa shape index (κ1) is 13.1. The minimum Gasteiger partial charge on any atom is -0.312 e. The van der Waals surface area contributed by atoms with Crippen molar-refractivity contribution in [1.29, 1.82) is 0 Å². The molecule has 1 aliphatic heterocycles. The highest BCUT2D eigenvalue weighted by atomic mass is 32.2. The predicted octanol–water partition coefficient (Wildman–Crippen LogP) is 1.98. The van der Waals surface area contributed by atoms with Crippen molar-refractivity contribution in [2.75, 3.05) is 37.7 Å². The summed E-state index contributed by atoms with van der Waals surface area (Å²) in [6, 6.07) is 0.725. The van der Waals surface area contributed by atoms with Gasteiger partial charge in [0.05, 0.1) is 0 Å². The Bertz CT molecular complexity index is 188. The molecule has 0 aromatic carbocycles. The lowest BCUT2D eigenvalue weighted by molar-refractivity contribution is 0.293. The van der Waals surface area contributed by atoms with Gasteiger partial charge in [0.2, 0.25) is 0 Å². The smallest absolute Gasteiger partial charge is 0.0187 e. The molecule has 2 nitrogen and oxygen atoms in total. The van der Waals surface area contributed by atoms with Gasteiger partial charge in [0.25, 0.3) is 0 Å². The van der Waals surface area contributed by atoms with Crippen molar-refractivity contribution in [3.05, 3.63) is 12.2 Å². The second-order valence-corrected chi connectivity index (χ2v) is 5.49. The van der Waals surface area contributed by atoms with Gasteiger partial charge in [-0.3, -0.25) is 4.90 Å². The highest BCUT2D eigenvalue weighted by Gasteiger charge is 2.13. The third-order valence-electron chi connectivity index (χ3n) is 2.73. The molecule has 0 bridgehead atoms. The molecule has 1 saturated heterocycles. The molecule has 1 fully saturated rings. The van der Waals surface area contributed by atoms with E-state index in [-0.39, 0.29) is 0 Å². The zero-order chi connectivity index (χ0) is 11.1. The van der Waals surface area contributed by atoms with Gasteiger partial charge in [0.15, 0.2) is 0 Å². The average molecular weight is 228 g/mol. The van der Waals surface area contributed by atoms with Crippen LogP contribution in [0.1, 0.15) is 20.3 Å². The Balaban J connectivity index is 2.17. The van der Waals surface area contributed by atoms with E-state index in [4.69, 9.17) is 0 Å². The lowest BCUT2D eigenvalue weighted by atomic mass is 10.2. The zero-order valence-electron chi connectivity index (χ0n) is 10.1. The lowest BCUT2D eigenvalue weighted by Crippen LogP contribution is -2.40. The third kappa shape index (κ3) is 5.59. The predicted molar refractivity (Wildman–Crippen MR) is 70.7 cm³/mol. The molecule has 0 aromatic rings. The van der Waals surface area contributed by atoms with Gasteiger partial charge < -0.3 is 5.32 Å². The fraction of sp³-hybridized carbons (Fsp3) is 0.833. The Kier molecular flexibility index (Phi) is 6.37. The fourth-order valence-corrected chi connectivity index (χ4v) is 2.87. The van der Waals surface area contributed by atoms with Gasteiger partial charge in [-0.2, -0.15) is 11.8 Å². The molecule has 0 saturated carbocycles. The summed E-state index contributed by atoms with van der Waals surface area (Å²) < 4.78 is 0. The van der Waals surface area contributed by atoms with E-state index in [1.165, 1.54) is 36.6 Å². The minimum atomic E-state index is 0.725. The van der Waals surface area contributed by atoms with E-state index in [0.717, 1.165) is 19.1 Å². The summed E-state index contributed by atoms with van der Waals surface area (Å²) in [5, 5.41) is 3.58. The first-order valence-electron chi connectivity index (χ1n) is 5.90. The maximum atomic E-state index is 3.98. The Morgan fingerprint density at radius 3 is 2.93 bits per heavy atom. The van der Waals surface area contributed by atoms with Crippen molar-refractivity contribution < 1.29 is 0 Å². The normalized spacial score (nSPS) is 21.9. The quantitative estimate of drug-likeness (QED) is 0.700. The molecular weight excluding hydrogens is 204 g/mol. The van der Waals surface area contributed by atoms with Crippen molar-refractivity contribution in [1.82, 2.24) is 10.2 Å². The number of nitrogens with zero attached hydrogens (tertiary/aromatic N) is 1. The molecule has 1 N–H and O–H groups in total. The molecule has 1 unspecified atom stereocenters. The Hall–Kier alpha value is 0.01000. The van der Waals surface area contributed by atoms with Crippen LogP contribution in [0, 0.1) is 0 Å². The van der Waals surface area contributed by atoms with Crippen molar-refractivity contribution in [3.63, 3.8) is 0 Å². The molecule has 1 aliphatic rings. The molecule has 0 amide bonds. The third-order valence-corrected chi connectivity index (χ3v) is 3.86. The molecule has 0 spiro atoms. The van der Waals surface area contributed by atoms with Gasteiger partial charge in [0.1, 0.15) is 0 Å². The Labute approximate surface area is 98.5 Å². The van der Waals surface area contributed by atoms with E-state index >= 15 is 0 Å². The lowest BCUT2D eigenvalue weighted by Gasteiger charge is -2.27. The Morgan fingerprint density at radius 2 is 2.40 bits per heavy atom. The standard InChI is InChI=1S/C12H24N2S/c1-4-14(9-11(2)3)7-5-12-10-15-8-6-13-12/h12-13H,2,4-10H2,1,3H3. The summed E-state index contributed by atoms with van der Waals surface area (Å²) in [6.45, 7) is 12.9. The molecule has 1 heterocycles. The number of likely N-dealkylation sites (N-methyl/N-ethyl adjacent to an activating group) is 1. The van der Waals surface area contributed by atoms with Crippen LogP contribution in [-0.4, -0.2) is 48.6 Å². The highest BCUT2D eigenvalue weighted by molar-refractivity contribution is 7.99. The van der Waals surface area contributed by atoms with Crippen LogP contribution in [0.4, 0.5) is 0 Å². The van der Waals surface area contributed by atoms with E-state index in [1.54, 1.807) is 0 Å². The molecule has 1 atom stereocenters. The second kappa shape index (κ2) is 7.31. The van der Waals surface area contributed by atoms with Gasteiger partial charge in [-0.25, -0.2) is 0 Å². The highest BCUT2D eigenvalue weighted by Crippen LogP contribution is 2.11. The SMILES string of the molecule is C=C(C)CN(CC)CCC1CSCCN1. The first-order chi connectivity index (χ1) is 7.22. The zero-order valence-corrected chi connectivity index (χ0v) is 10.9. The molecule has 0 aliphatic carbocycles. The summed E-state index contributed by atoms with van der Waals surface area (Å²) in [6.07, 6.45) is 1.27. The van der Waals surface area contributed by atoms with Crippen LogP contribution in [0.15, 0.2) is 12.2 Å². The maximum Gasteiger partial charge on any atom is 0.0187 e. The molecule has 0 aromatic heterocycles. The Morgan fingerprint density at radius 1 is 1.60 bits per heavy atom. The van der Waals surface area contributed by atoms with Gasteiger partial charge in [-0.05, 0) is 26.4 Å². The van der Waals surface area contributed by atoms with Gasteiger partial charge in [0, 0.05) is 30.6 Å². The summed E-state index contributed by atoms with van der Waals surface area (Å²) in [5.41, 5.74) is 1.27. The van der Waals surface area contributed by atoms with Crippen LogP contribution in [0.5, 0.6) is 0 Å². The average Bonchev–Trinajstić information content (AvgIpc) is 2.25. The van der Waals surface area contributed by atoms with E-state index in [0.29, 0.717) is 0 Å². The van der Waals surface area contributed by atoms with Crippen LogP contribution in [0.25, 0.3) is 0 Å². The molecule has 15 heavy (non-hydrogen) atoms. The van der Waals surface area contributed by atoms with Crippen molar-refractivity contribution in [2.45, 2.75) is 26.3 Å². The van der Waals surface area contributed by atoms with E-state index in [1.807, 2.05) is 0 Å². The summed E-state index contributed by atoms with van der Waals surface area (Å²) in [5.74, 6) is 2.56. The number of thioether (sulfide) groups is 1. The number of hydrogen-bond acceptors (Lipinski definition) is 3. The maximum absolute atomic E-state index is 3.98. The first-order valence-corrected chi connectivity index (χ1v) is 7.05. The monoisotopic (exact) mass is 228 g/mol. The molecule has 1 rings (SSSR count). The molecule has 3 heteroatoms. The summed E-state index contributed by atoms with van der Waals surface area (Å²) >= 11 is 2.08. The van der Waals surface area contributed by atoms with E-state index in [2.05, 4.69) is 42.4 Å². The molecule has 0 radical (unpaired) electrons. The van der Waals surface area contributed by atoms with E-state index < -0.39 is 0 Å². The van der Waals surface area contributed by atoms with Crippen molar-refractivity contribution in [2.24, 2.45) is 0 Å². The van der Waals surface area contributed by atoms with Crippen LogP contribution in [-0.2, 0) is 0 Å². The summed E-state index contributed by atoms with van der Waals surface area (Å²) in [7, 11) is 0. The number of nitrogens with one attached hydrogen (secondary N) is 1. The van der Waals surface area contributed by atoms with Gasteiger partial charge >= 0.3 is 0 Å². The van der Waals surface area contributed by atoms with Crippen LogP contribution >= 0.6 is 11.8 Å². The summed E-state index contributed by atoms with van der Waals surface area (Å²) in [4.78, 5) is 2.48.